The van der Waals surface area contributed by atoms with E-state index in [1.165, 1.54) is 36.4 Å². The fourth-order valence-electron chi connectivity index (χ4n) is 3.18. The molecule has 0 radical (unpaired) electrons. The Balaban J connectivity index is 0.000000913. The number of hydrogen-bond acceptors (Lipinski definition) is 6. The monoisotopic (exact) mass is 512 g/mol. The van der Waals surface area contributed by atoms with E-state index < -0.39 is 11.4 Å². The lowest BCUT2D eigenvalue weighted by atomic mass is 9.90. The molecule has 2 N–H and O–H groups in total. The zero-order valence-electron chi connectivity index (χ0n) is 15.4. The van der Waals surface area contributed by atoms with Gasteiger partial charge in [-0.25, -0.2) is 4.79 Å². The summed E-state index contributed by atoms with van der Waals surface area (Å²) in [5.74, 6) is -1.43. The lowest BCUT2D eigenvalue weighted by Gasteiger charge is -2.19. The molecule has 7 nitrogen and oxygen atoms in total. The van der Waals surface area contributed by atoms with Crippen molar-refractivity contribution in [3.05, 3.63) is 72.3 Å². The van der Waals surface area contributed by atoms with E-state index in [2.05, 4.69) is 0 Å². The number of aromatic hydroxyl groups is 1. The SMILES string of the molecule is O=C(O)c1c(Cl)ccc(Cl)c1-c1c2cc(Cl)c(=O)cc-2oc2cc(O)c(Cl)cc12.O=C=O. The van der Waals surface area contributed by atoms with E-state index in [1.807, 2.05) is 0 Å². The van der Waals surface area contributed by atoms with Gasteiger partial charge in [0.25, 0.3) is 0 Å². The van der Waals surface area contributed by atoms with Gasteiger partial charge in [-0.05, 0) is 24.3 Å². The van der Waals surface area contributed by atoms with Crippen molar-refractivity contribution in [1.29, 1.82) is 0 Å². The van der Waals surface area contributed by atoms with Crippen LogP contribution in [0.5, 0.6) is 5.75 Å². The highest BCUT2D eigenvalue weighted by molar-refractivity contribution is 6.39. The molecule has 0 saturated carbocycles. The van der Waals surface area contributed by atoms with Gasteiger partial charge < -0.3 is 14.6 Å². The number of benzene rings is 3. The number of phenols is 1. The average Bonchev–Trinajstić information content (AvgIpc) is 2.71. The van der Waals surface area contributed by atoms with Crippen LogP contribution in [-0.2, 0) is 9.59 Å². The number of hydrogen-bond donors (Lipinski definition) is 2. The number of aromatic carboxylic acids is 1. The standard InChI is InChI=1S/C20H8Cl4O5.CO2/c21-9-1-2-10(22)19(20(27)28)18(9)17-7-3-11(23)13(25)5-15(7)29-16-6-14(26)12(24)4-8(16)17;2-1-3/h1-6,25H,(H,27,28);. The van der Waals surface area contributed by atoms with Gasteiger partial charge in [-0.3, -0.25) is 4.79 Å². The number of carbonyl (C=O) groups excluding carboxylic acids is 2. The number of carboxylic acid groups (broad SMARTS) is 1. The summed E-state index contributed by atoms with van der Waals surface area (Å²) in [6.45, 7) is 0. The van der Waals surface area contributed by atoms with Crippen molar-refractivity contribution in [3.63, 3.8) is 0 Å². The average molecular weight is 514 g/mol. The Hall–Kier alpha value is -3.06. The number of fused-ring (bicyclic) bond motifs is 2. The molecule has 0 aromatic heterocycles. The van der Waals surface area contributed by atoms with Crippen LogP contribution in [0.25, 0.3) is 33.4 Å². The number of carbonyl (C=O) groups is 1. The molecule has 11 heteroatoms. The molecule has 0 spiro atoms. The topological polar surface area (TPSA) is 122 Å². The van der Waals surface area contributed by atoms with Crippen molar-refractivity contribution < 1.29 is 29.0 Å². The summed E-state index contributed by atoms with van der Waals surface area (Å²) < 4.78 is 5.75. The second kappa shape index (κ2) is 9.20. The Kier molecular flexibility index (Phi) is 6.79. The van der Waals surface area contributed by atoms with Crippen molar-refractivity contribution in [2.75, 3.05) is 0 Å². The zero-order chi connectivity index (χ0) is 23.7. The molecule has 2 aliphatic rings. The van der Waals surface area contributed by atoms with Crippen molar-refractivity contribution in [3.8, 4) is 28.2 Å². The first-order valence-corrected chi connectivity index (χ1v) is 9.91. The Morgan fingerprint density at radius 3 is 2.12 bits per heavy atom. The van der Waals surface area contributed by atoms with Gasteiger partial charge in [0.15, 0.2) is 0 Å². The molecule has 32 heavy (non-hydrogen) atoms. The minimum absolute atomic E-state index is 0.00914. The molecule has 0 unspecified atom stereocenters. The first-order valence-electron chi connectivity index (χ1n) is 8.40. The zero-order valence-corrected chi connectivity index (χ0v) is 18.4. The first kappa shape index (κ1) is 23.6. The van der Waals surface area contributed by atoms with E-state index in [9.17, 15) is 19.8 Å². The van der Waals surface area contributed by atoms with Crippen LogP contribution in [0, 0.1) is 0 Å². The minimum atomic E-state index is -1.30. The lowest BCUT2D eigenvalue weighted by Crippen LogP contribution is -2.06. The van der Waals surface area contributed by atoms with Crippen molar-refractivity contribution in [1.82, 2.24) is 0 Å². The van der Waals surface area contributed by atoms with Gasteiger partial charge in [-0.2, -0.15) is 9.59 Å². The van der Waals surface area contributed by atoms with E-state index >= 15 is 0 Å². The Labute approximate surface area is 198 Å². The molecule has 162 valence electrons. The predicted octanol–water partition coefficient (Wildman–Crippen LogP) is 6.00. The normalized spacial score (nSPS) is 10.5. The van der Waals surface area contributed by atoms with Crippen molar-refractivity contribution >= 4 is 69.5 Å². The molecule has 1 heterocycles. The highest BCUT2D eigenvalue weighted by Gasteiger charge is 2.27. The molecule has 0 atom stereocenters. The summed E-state index contributed by atoms with van der Waals surface area (Å²) in [6.07, 6.45) is 0.250. The Morgan fingerprint density at radius 2 is 1.50 bits per heavy atom. The Morgan fingerprint density at radius 1 is 0.875 bits per heavy atom. The van der Waals surface area contributed by atoms with Crippen molar-refractivity contribution in [2.24, 2.45) is 0 Å². The second-order valence-electron chi connectivity index (χ2n) is 6.22. The molecule has 4 rings (SSSR count). The van der Waals surface area contributed by atoms with Gasteiger partial charge in [-0.15, -0.1) is 0 Å². The summed E-state index contributed by atoms with van der Waals surface area (Å²) in [6, 6.07) is 8.03. The largest absolute Gasteiger partial charge is 0.506 e. The number of carboxylic acids is 1. The van der Waals surface area contributed by atoms with Crippen LogP contribution < -0.4 is 5.43 Å². The molecule has 1 aliphatic heterocycles. The fourth-order valence-corrected chi connectivity index (χ4v) is 3.99. The first-order chi connectivity index (χ1) is 15.1. The maximum atomic E-state index is 12.0. The van der Waals surface area contributed by atoms with Gasteiger partial charge in [0.05, 0.1) is 20.6 Å². The number of halogens is 4. The molecule has 2 aromatic rings. The summed E-state index contributed by atoms with van der Waals surface area (Å²) in [4.78, 5) is 40.3. The maximum Gasteiger partial charge on any atom is 0.373 e. The van der Waals surface area contributed by atoms with E-state index in [4.69, 9.17) is 60.4 Å². The van der Waals surface area contributed by atoms with Gasteiger partial charge >= 0.3 is 12.1 Å². The highest BCUT2D eigenvalue weighted by Crippen LogP contribution is 2.47. The van der Waals surface area contributed by atoms with Crippen LogP contribution in [0.1, 0.15) is 10.4 Å². The van der Waals surface area contributed by atoms with E-state index in [1.54, 1.807) is 0 Å². The van der Waals surface area contributed by atoms with Gasteiger partial charge in [0.1, 0.15) is 17.1 Å². The molecular formula is C21H8Cl4O7. The molecule has 1 aliphatic carbocycles. The fraction of sp³-hybridized carbons (Fsp3) is 0. The summed E-state index contributed by atoms with van der Waals surface area (Å²) in [7, 11) is 0. The van der Waals surface area contributed by atoms with E-state index in [0.29, 0.717) is 16.5 Å². The molecule has 0 saturated heterocycles. The van der Waals surface area contributed by atoms with Crippen LogP contribution in [0.3, 0.4) is 0 Å². The quantitative estimate of drug-likeness (QED) is 0.315. The van der Waals surface area contributed by atoms with Crippen molar-refractivity contribution in [2.45, 2.75) is 0 Å². The molecule has 0 fully saturated rings. The summed E-state index contributed by atoms with van der Waals surface area (Å²) >= 11 is 24.7. The second-order valence-corrected chi connectivity index (χ2v) is 7.85. The third-order valence-electron chi connectivity index (χ3n) is 4.41. The van der Waals surface area contributed by atoms with Crippen LogP contribution in [0.2, 0.25) is 20.1 Å². The van der Waals surface area contributed by atoms with Crippen LogP contribution in [0.4, 0.5) is 0 Å². The van der Waals surface area contributed by atoms with Gasteiger partial charge in [-0.1, -0.05) is 46.4 Å². The smallest absolute Gasteiger partial charge is 0.373 e. The van der Waals surface area contributed by atoms with E-state index in [0.717, 1.165) is 0 Å². The lowest BCUT2D eigenvalue weighted by molar-refractivity contribution is -0.191. The molecule has 2 aromatic carbocycles. The third-order valence-corrected chi connectivity index (χ3v) is 5.64. The predicted molar refractivity (Wildman–Crippen MR) is 118 cm³/mol. The third kappa shape index (κ3) is 4.17. The number of rotatable bonds is 2. The minimum Gasteiger partial charge on any atom is -0.506 e. The summed E-state index contributed by atoms with van der Waals surface area (Å²) in [5, 5.41) is 20.1. The number of phenolic OH excluding ortho intramolecular Hbond substituents is 1. The van der Waals surface area contributed by atoms with E-state index in [-0.39, 0.29) is 54.5 Å². The molecule has 0 amide bonds. The Bertz CT molecular complexity index is 1450. The van der Waals surface area contributed by atoms with Gasteiger partial charge in [0.2, 0.25) is 5.43 Å². The van der Waals surface area contributed by atoms with Crippen LogP contribution in [0.15, 0.2) is 45.6 Å². The van der Waals surface area contributed by atoms with Gasteiger partial charge in [0, 0.05) is 39.2 Å². The molecule has 0 bridgehead atoms. The van der Waals surface area contributed by atoms with Crippen LogP contribution in [-0.4, -0.2) is 22.3 Å². The molecular weight excluding hydrogens is 506 g/mol. The highest BCUT2D eigenvalue weighted by atomic mass is 35.5. The maximum absolute atomic E-state index is 12.0. The summed E-state index contributed by atoms with van der Waals surface area (Å²) in [5.41, 5.74) is 0.171. The van der Waals surface area contributed by atoms with Crippen LogP contribution >= 0.6 is 46.4 Å².